The van der Waals surface area contributed by atoms with Crippen LogP contribution in [0.15, 0.2) is 42.5 Å². The first-order valence-corrected chi connectivity index (χ1v) is 9.58. The summed E-state index contributed by atoms with van der Waals surface area (Å²) in [6.45, 7) is 9.27. The average Bonchev–Trinajstić information content (AvgIpc) is 2.54. The van der Waals surface area contributed by atoms with E-state index in [-0.39, 0.29) is 7.92 Å². The van der Waals surface area contributed by atoms with E-state index >= 15 is 0 Å². The van der Waals surface area contributed by atoms with Crippen LogP contribution in [-0.2, 0) is 0 Å². The van der Waals surface area contributed by atoms with Crippen molar-refractivity contribution in [1.29, 1.82) is 0 Å². The molecular weight excluding hydrogens is 303 g/mol. The summed E-state index contributed by atoms with van der Waals surface area (Å²) in [6.07, 6.45) is 0. The lowest BCUT2D eigenvalue weighted by Crippen LogP contribution is -2.18. The summed E-state index contributed by atoms with van der Waals surface area (Å²) in [7, 11) is 3.17. The van der Waals surface area contributed by atoms with E-state index in [1.807, 2.05) is 18.2 Å². The molecule has 124 valence electrons. The molecule has 2 aromatic rings. The van der Waals surface area contributed by atoms with Crippen molar-refractivity contribution >= 4 is 13.2 Å². The Morgan fingerprint density at radius 2 is 1.30 bits per heavy atom. The Balaban J connectivity index is 2.75. The lowest BCUT2D eigenvalue weighted by atomic mass is 10.0. The Morgan fingerprint density at radius 1 is 0.739 bits per heavy atom. The van der Waals surface area contributed by atoms with E-state index in [0.717, 1.165) is 17.1 Å². The molecule has 0 spiro atoms. The van der Waals surface area contributed by atoms with Crippen molar-refractivity contribution in [2.24, 2.45) is 0 Å². The number of rotatable bonds is 6. The summed E-state index contributed by atoms with van der Waals surface area (Å²) in [5.74, 6) is 1.81. The van der Waals surface area contributed by atoms with Crippen LogP contribution in [0, 0.1) is 0 Å². The molecule has 0 saturated heterocycles. The zero-order chi connectivity index (χ0) is 17.0. The molecule has 2 rings (SSSR count). The highest BCUT2D eigenvalue weighted by molar-refractivity contribution is 7.67. The van der Waals surface area contributed by atoms with Gasteiger partial charge in [0, 0.05) is 11.1 Å². The van der Waals surface area contributed by atoms with Crippen LogP contribution in [-0.4, -0.2) is 25.5 Å². The van der Waals surface area contributed by atoms with E-state index in [1.165, 1.54) is 10.9 Å². The van der Waals surface area contributed by atoms with Gasteiger partial charge >= 0.3 is 0 Å². The molecule has 0 atom stereocenters. The van der Waals surface area contributed by atoms with Crippen molar-refractivity contribution in [3.63, 3.8) is 0 Å². The van der Waals surface area contributed by atoms with Crippen LogP contribution in [0.4, 0.5) is 0 Å². The number of methoxy groups -OCH3 is 2. The number of hydrogen-bond acceptors (Lipinski definition) is 2. The van der Waals surface area contributed by atoms with Crippen molar-refractivity contribution in [2.45, 2.75) is 39.0 Å². The second-order valence-electron chi connectivity index (χ2n) is 6.15. The van der Waals surface area contributed by atoms with Crippen LogP contribution in [0.5, 0.6) is 11.5 Å². The third-order valence-electron chi connectivity index (χ3n) is 3.99. The SMILES string of the molecule is COc1ccccc1-c1c(OC)cccc1P(C(C)C)C(C)C. The van der Waals surface area contributed by atoms with E-state index in [4.69, 9.17) is 9.47 Å². The number of benzene rings is 2. The lowest BCUT2D eigenvalue weighted by Gasteiger charge is -2.29. The first kappa shape index (κ1) is 17.8. The molecule has 2 aromatic carbocycles. The van der Waals surface area contributed by atoms with Crippen LogP contribution in [0.3, 0.4) is 0 Å². The standard InChI is InChI=1S/C20H27O2P/c1-14(2)23(15(3)4)19-13-9-12-18(22-6)20(19)16-10-7-8-11-17(16)21-5/h7-15H,1-6H3. The topological polar surface area (TPSA) is 18.5 Å². The van der Waals surface area contributed by atoms with Crippen molar-refractivity contribution < 1.29 is 9.47 Å². The molecule has 0 heterocycles. The van der Waals surface area contributed by atoms with Crippen molar-refractivity contribution in [3.8, 4) is 22.6 Å². The van der Waals surface area contributed by atoms with Crippen molar-refractivity contribution in [3.05, 3.63) is 42.5 Å². The molecule has 23 heavy (non-hydrogen) atoms. The molecule has 0 aliphatic heterocycles. The van der Waals surface area contributed by atoms with Gasteiger partial charge in [-0.2, -0.15) is 0 Å². The normalized spacial score (nSPS) is 11.3. The summed E-state index contributed by atoms with van der Waals surface area (Å²) in [5.41, 5.74) is 3.52. The van der Waals surface area contributed by atoms with Crippen LogP contribution in [0.25, 0.3) is 11.1 Å². The molecule has 0 fully saturated rings. The van der Waals surface area contributed by atoms with Gasteiger partial charge in [-0.3, -0.25) is 0 Å². The van der Waals surface area contributed by atoms with Gasteiger partial charge < -0.3 is 9.47 Å². The summed E-state index contributed by atoms with van der Waals surface area (Å²) in [4.78, 5) is 0. The summed E-state index contributed by atoms with van der Waals surface area (Å²) in [5, 5.41) is 1.40. The van der Waals surface area contributed by atoms with Gasteiger partial charge in [-0.05, 0) is 28.8 Å². The van der Waals surface area contributed by atoms with Gasteiger partial charge in [0.05, 0.1) is 14.2 Å². The average molecular weight is 330 g/mol. The van der Waals surface area contributed by atoms with Gasteiger partial charge in [0.2, 0.25) is 0 Å². The minimum atomic E-state index is -0.293. The van der Waals surface area contributed by atoms with Gasteiger partial charge in [0.15, 0.2) is 0 Å². The van der Waals surface area contributed by atoms with Crippen LogP contribution in [0.2, 0.25) is 0 Å². The molecule has 0 radical (unpaired) electrons. The van der Waals surface area contributed by atoms with Gasteiger partial charge in [-0.1, -0.05) is 65.9 Å². The Kier molecular flexibility index (Phi) is 6.07. The molecule has 0 bridgehead atoms. The fraction of sp³-hybridized carbons (Fsp3) is 0.400. The van der Waals surface area contributed by atoms with Gasteiger partial charge in [0.25, 0.3) is 0 Å². The zero-order valence-corrected chi connectivity index (χ0v) is 15.9. The molecule has 3 heteroatoms. The van der Waals surface area contributed by atoms with Gasteiger partial charge in [-0.25, -0.2) is 0 Å². The molecule has 0 N–H and O–H groups in total. The van der Waals surface area contributed by atoms with Gasteiger partial charge in [-0.15, -0.1) is 0 Å². The van der Waals surface area contributed by atoms with E-state index in [2.05, 4.69) is 52.0 Å². The third kappa shape index (κ3) is 3.70. The highest BCUT2D eigenvalue weighted by Crippen LogP contribution is 2.49. The van der Waals surface area contributed by atoms with E-state index in [9.17, 15) is 0 Å². The van der Waals surface area contributed by atoms with Gasteiger partial charge in [0.1, 0.15) is 11.5 Å². The van der Waals surface area contributed by atoms with Crippen LogP contribution >= 0.6 is 7.92 Å². The molecular formula is C20H27O2P. The first-order chi connectivity index (χ1) is 11.0. The Bertz CT molecular complexity index is 642. The van der Waals surface area contributed by atoms with Crippen molar-refractivity contribution in [1.82, 2.24) is 0 Å². The molecule has 0 aromatic heterocycles. The van der Waals surface area contributed by atoms with E-state index in [0.29, 0.717) is 11.3 Å². The molecule has 0 saturated carbocycles. The fourth-order valence-electron chi connectivity index (χ4n) is 3.18. The largest absolute Gasteiger partial charge is 0.496 e. The summed E-state index contributed by atoms with van der Waals surface area (Å²) in [6, 6.07) is 14.6. The fourth-order valence-corrected chi connectivity index (χ4v) is 6.23. The summed E-state index contributed by atoms with van der Waals surface area (Å²) < 4.78 is 11.3. The maximum Gasteiger partial charge on any atom is 0.127 e. The Morgan fingerprint density at radius 3 is 1.87 bits per heavy atom. The highest BCUT2D eigenvalue weighted by atomic mass is 31.1. The molecule has 0 unspecified atom stereocenters. The maximum atomic E-state index is 5.70. The Hall–Kier alpha value is -1.53. The van der Waals surface area contributed by atoms with Crippen molar-refractivity contribution in [2.75, 3.05) is 14.2 Å². The first-order valence-electron chi connectivity index (χ1n) is 8.10. The predicted molar refractivity (Wildman–Crippen MR) is 102 cm³/mol. The predicted octanol–water partition coefficient (Wildman–Crippen LogP) is 5.29. The second-order valence-corrected chi connectivity index (χ2v) is 9.51. The minimum absolute atomic E-state index is 0.293. The lowest BCUT2D eigenvalue weighted by molar-refractivity contribution is 0.410. The monoisotopic (exact) mass is 330 g/mol. The van der Waals surface area contributed by atoms with E-state index < -0.39 is 0 Å². The van der Waals surface area contributed by atoms with Crippen LogP contribution < -0.4 is 14.8 Å². The molecule has 0 aliphatic rings. The smallest absolute Gasteiger partial charge is 0.127 e. The minimum Gasteiger partial charge on any atom is -0.496 e. The molecule has 2 nitrogen and oxygen atoms in total. The number of para-hydroxylation sites is 1. The second kappa shape index (κ2) is 7.84. The van der Waals surface area contributed by atoms with E-state index in [1.54, 1.807) is 14.2 Å². The number of ether oxygens (including phenoxy) is 2. The summed E-state index contributed by atoms with van der Waals surface area (Å²) >= 11 is 0. The zero-order valence-electron chi connectivity index (χ0n) is 15.0. The highest BCUT2D eigenvalue weighted by Gasteiger charge is 2.25. The maximum absolute atomic E-state index is 5.70. The molecule has 0 aliphatic carbocycles. The molecule has 0 amide bonds. The Labute approximate surface area is 141 Å². The third-order valence-corrected chi connectivity index (χ3v) is 7.15. The number of hydrogen-bond donors (Lipinski definition) is 0. The quantitative estimate of drug-likeness (QED) is 0.670. The van der Waals surface area contributed by atoms with Crippen LogP contribution in [0.1, 0.15) is 27.7 Å².